The summed E-state index contributed by atoms with van der Waals surface area (Å²) in [4.78, 5) is 28.3. The van der Waals surface area contributed by atoms with Crippen LogP contribution in [0.3, 0.4) is 0 Å². The fourth-order valence-corrected chi connectivity index (χ4v) is 6.68. The predicted octanol–water partition coefficient (Wildman–Crippen LogP) is 8.91. The standard InChI is InChI=1S/C32H54NO7P/c1-11-12-13-14-15-16-17-24-18-20-25(21-19-24)28(34)27-22-26(23-33(27)29(35)37-30(2,3)4)38-41(36,39-31(5,6)7)40-32(8,9)10/h18-21,26-27H,11-17,22-23H2,1-10H3/t26-,27+/m0/s1. The molecule has 1 heterocycles. The lowest BCUT2D eigenvalue weighted by molar-refractivity contribution is -0.0111. The molecule has 0 saturated carbocycles. The molecule has 0 spiro atoms. The van der Waals surface area contributed by atoms with Crippen molar-refractivity contribution in [3.8, 4) is 0 Å². The highest BCUT2D eigenvalue weighted by Gasteiger charge is 2.47. The van der Waals surface area contributed by atoms with Crippen molar-refractivity contribution in [2.45, 2.75) is 150 Å². The number of benzene rings is 1. The first kappa shape index (κ1) is 35.5. The number of phosphoric ester groups is 1. The highest BCUT2D eigenvalue weighted by Crippen LogP contribution is 2.57. The molecule has 1 aromatic carbocycles. The molecule has 1 aliphatic heterocycles. The molecule has 1 saturated heterocycles. The first-order chi connectivity index (χ1) is 18.8. The van der Waals surface area contributed by atoms with Gasteiger partial charge in [-0.05, 0) is 80.7 Å². The van der Waals surface area contributed by atoms with Crippen LogP contribution in [0.1, 0.15) is 130 Å². The van der Waals surface area contributed by atoms with E-state index in [1.165, 1.54) is 42.6 Å². The van der Waals surface area contributed by atoms with Crippen LogP contribution in [0, 0.1) is 0 Å². The van der Waals surface area contributed by atoms with E-state index in [1.54, 1.807) is 62.3 Å². The van der Waals surface area contributed by atoms with E-state index in [4.69, 9.17) is 18.3 Å². The van der Waals surface area contributed by atoms with Crippen LogP contribution in [0.15, 0.2) is 24.3 Å². The largest absolute Gasteiger partial charge is 0.476 e. The van der Waals surface area contributed by atoms with Crippen molar-refractivity contribution in [3.05, 3.63) is 35.4 Å². The molecule has 2 atom stereocenters. The van der Waals surface area contributed by atoms with Crippen molar-refractivity contribution in [2.24, 2.45) is 0 Å². The number of carbonyl (C=O) groups excluding carboxylic acids is 2. The Balaban J connectivity index is 2.21. The van der Waals surface area contributed by atoms with Gasteiger partial charge in [0.1, 0.15) is 11.6 Å². The maximum Gasteiger partial charge on any atom is 0.476 e. The maximum atomic E-state index is 13.8. The molecule has 2 rings (SSSR count). The van der Waals surface area contributed by atoms with Gasteiger partial charge < -0.3 is 4.74 Å². The zero-order chi connectivity index (χ0) is 31.1. The summed E-state index contributed by atoms with van der Waals surface area (Å²) < 4.78 is 36.9. The van der Waals surface area contributed by atoms with E-state index in [2.05, 4.69) is 6.92 Å². The molecule has 1 amide bonds. The fourth-order valence-electron chi connectivity index (χ4n) is 4.70. The zero-order valence-corrected chi connectivity index (χ0v) is 28.0. The number of unbranched alkanes of at least 4 members (excludes halogenated alkanes) is 5. The fraction of sp³-hybridized carbons (Fsp3) is 0.750. The minimum atomic E-state index is -4.05. The molecular weight excluding hydrogens is 541 g/mol. The number of likely N-dealkylation sites (tertiary alicyclic amines) is 1. The Morgan fingerprint density at radius 2 is 1.37 bits per heavy atom. The van der Waals surface area contributed by atoms with Crippen LogP contribution < -0.4 is 0 Å². The quantitative estimate of drug-likeness (QED) is 0.128. The van der Waals surface area contributed by atoms with E-state index in [-0.39, 0.29) is 18.7 Å². The second-order valence-electron chi connectivity index (χ2n) is 14.0. The van der Waals surface area contributed by atoms with Crippen LogP contribution >= 0.6 is 7.82 Å². The predicted molar refractivity (Wildman–Crippen MR) is 163 cm³/mol. The molecule has 9 heteroatoms. The molecule has 8 nitrogen and oxygen atoms in total. The average Bonchev–Trinajstić information content (AvgIpc) is 3.21. The number of nitrogens with zero attached hydrogens (tertiary/aromatic N) is 1. The zero-order valence-electron chi connectivity index (χ0n) is 27.1. The Bertz CT molecular complexity index is 1010. The van der Waals surface area contributed by atoms with E-state index in [0.29, 0.717) is 5.56 Å². The Labute approximate surface area is 248 Å². The Morgan fingerprint density at radius 1 is 0.829 bits per heavy atom. The molecule has 234 valence electrons. The van der Waals surface area contributed by atoms with Gasteiger partial charge in [-0.15, -0.1) is 0 Å². The molecule has 1 fully saturated rings. The van der Waals surface area contributed by atoms with Gasteiger partial charge in [0.25, 0.3) is 0 Å². The molecule has 0 N–H and O–H groups in total. The molecule has 0 aliphatic carbocycles. The van der Waals surface area contributed by atoms with Crippen LogP contribution in [0.5, 0.6) is 0 Å². The van der Waals surface area contributed by atoms with Crippen LogP contribution in [-0.2, 0) is 29.3 Å². The highest BCUT2D eigenvalue weighted by molar-refractivity contribution is 7.48. The summed E-state index contributed by atoms with van der Waals surface area (Å²) in [6.07, 6.45) is 7.13. The van der Waals surface area contributed by atoms with Crippen molar-refractivity contribution in [2.75, 3.05) is 6.54 Å². The van der Waals surface area contributed by atoms with Crippen molar-refractivity contribution < 1.29 is 32.5 Å². The molecule has 0 unspecified atom stereocenters. The normalized spacial score (nSPS) is 18.5. The molecule has 1 aliphatic rings. The third kappa shape index (κ3) is 13.0. The first-order valence-corrected chi connectivity index (χ1v) is 16.6. The van der Waals surface area contributed by atoms with Gasteiger partial charge in [0.05, 0.1) is 23.9 Å². The lowest BCUT2D eigenvalue weighted by atomic mass is 9.99. The van der Waals surface area contributed by atoms with Crippen LogP contribution in [0.4, 0.5) is 4.79 Å². The number of carbonyl (C=O) groups is 2. The number of ether oxygens (including phenoxy) is 1. The highest BCUT2D eigenvalue weighted by atomic mass is 31.2. The smallest absolute Gasteiger partial charge is 0.444 e. The van der Waals surface area contributed by atoms with Gasteiger partial charge in [-0.1, -0.05) is 63.3 Å². The number of rotatable bonds is 13. The van der Waals surface area contributed by atoms with Crippen molar-refractivity contribution in [1.29, 1.82) is 0 Å². The third-order valence-electron chi connectivity index (χ3n) is 6.30. The number of hydrogen-bond acceptors (Lipinski definition) is 7. The van der Waals surface area contributed by atoms with Crippen LogP contribution in [0.2, 0.25) is 0 Å². The van der Waals surface area contributed by atoms with Crippen LogP contribution in [0.25, 0.3) is 0 Å². The number of phosphoric acid groups is 1. The van der Waals surface area contributed by atoms with E-state index in [0.717, 1.165) is 12.8 Å². The Kier molecular flexibility index (Phi) is 12.7. The average molecular weight is 596 g/mol. The lowest BCUT2D eigenvalue weighted by Gasteiger charge is -2.32. The second-order valence-corrected chi connectivity index (χ2v) is 15.5. The summed E-state index contributed by atoms with van der Waals surface area (Å²) in [6.45, 7) is 18.1. The lowest BCUT2D eigenvalue weighted by Crippen LogP contribution is -2.43. The van der Waals surface area contributed by atoms with E-state index >= 15 is 0 Å². The van der Waals surface area contributed by atoms with Crippen LogP contribution in [-0.4, -0.2) is 52.3 Å². The van der Waals surface area contributed by atoms with Crippen molar-refractivity contribution in [1.82, 2.24) is 4.90 Å². The van der Waals surface area contributed by atoms with E-state index < -0.39 is 42.9 Å². The van der Waals surface area contributed by atoms with Gasteiger partial charge in [-0.3, -0.25) is 23.3 Å². The van der Waals surface area contributed by atoms with Gasteiger partial charge in [0, 0.05) is 12.0 Å². The summed E-state index contributed by atoms with van der Waals surface area (Å²) in [5, 5.41) is 0. The number of hydrogen-bond donors (Lipinski definition) is 0. The number of ketones is 1. The van der Waals surface area contributed by atoms with Gasteiger partial charge >= 0.3 is 13.9 Å². The minimum absolute atomic E-state index is 0.0203. The topological polar surface area (TPSA) is 91.4 Å². The Morgan fingerprint density at radius 3 is 1.88 bits per heavy atom. The molecule has 41 heavy (non-hydrogen) atoms. The maximum absolute atomic E-state index is 13.8. The van der Waals surface area contributed by atoms with E-state index in [1.807, 2.05) is 24.3 Å². The summed E-state index contributed by atoms with van der Waals surface area (Å²) >= 11 is 0. The molecule has 0 bridgehead atoms. The summed E-state index contributed by atoms with van der Waals surface area (Å²) in [5.74, 6) is -0.212. The Hall–Kier alpha value is -1.73. The SMILES string of the molecule is CCCCCCCCc1ccc(C(=O)[C@H]2C[C@H](OP(=O)(OC(C)(C)C)OC(C)(C)C)CN2C(=O)OC(C)(C)C)cc1. The number of Topliss-reactive ketones (excluding diaryl/α,β-unsaturated/α-hetero) is 1. The van der Waals surface area contributed by atoms with Gasteiger partial charge in [0.15, 0.2) is 5.78 Å². The summed E-state index contributed by atoms with van der Waals surface area (Å²) in [7, 11) is -4.05. The van der Waals surface area contributed by atoms with Gasteiger partial charge in [0.2, 0.25) is 0 Å². The van der Waals surface area contributed by atoms with Gasteiger partial charge in [-0.2, -0.15) is 0 Å². The summed E-state index contributed by atoms with van der Waals surface area (Å²) in [5.41, 5.74) is -0.667. The second kappa shape index (κ2) is 14.6. The third-order valence-corrected chi connectivity index (χ3v) is 8.40. The van der Waals surface area contributed by atoms with Gasteiger partial charge in [-0.25, -0.2) is 9.36 Å². The molecule has 1 aromatic rings. The number of amides is 1. The first-order valence-electron chi connectivity index (χ1n) is 15.1. The van der Waals surface area contributed by atoms with Crippen molar-refractivity contribution >= 4 is 19.7 Å². The molecule has 0 aromatic heterocycles. The van der Waals surface area contributed by atoms with Crippen molar-refractivity contribution in [3.63, 3.8) is 0 Å². The number of aryl methyl sites for hydroxylation is 1. The summed E-state index contributed by atoms with van der Waals surface area (Å²) in [6, 6.07) is 6.79. The minimum Gasteiger partial charge on any atom is -0.444 e. The van der Waals surface area contributed by atoms with E-state index in [9.17, 15) is 14.2 Å². The molecule has 0 radical (unpaired) electrons. The monoisotopic (exact) mass is 595 g/mol. The molecular formula is C32H54NO7P.